The number of fused-ring (bicyclic) bond motifs is 1. The number of hydrogen-bond donors (Lipinski definition) is 0. The van der Waals surface area contributed by atoms with Crippen LogP contribution < -0.4 is 5.56 Å². The van der Waals surface area contributed by atoms with E-state index in [2.05, 4.69) is 24.9 Å². The summed E-state index contributed by atoms with van der Waals surface area (Å²) in [5.41, 5.74) is 1.90. The van der Waals surface area contributed by atoms with Gasteiger partial charge in [-0.3, -0.25) is 14.2 Å². The first-order valence-electron chi connectivity index (χ1n) is 9.75. The second-order valence-corrected chi connectivity index (χ2v) is 8.25. The van der Waals surface area contributed by atoms with Crippen molar-refractivity contribution in [2.75, 3.05) is 5.75 Å². The van der Waals surface area contributed by atoms with Crippen LogP contribution in [-0.2, 0) is 22.7 Å². The van der Waals surface area contributed by atoms with Crippen molar-refractivity contribution in [2.45, 2.75) is 38.6 Å². The van der Waals surface area contributed by atoms with Crippen LogP contribution in [0.1, 0.15) is 31.4 Å². The van der Waals surface area contributed by atoms with Gasteiger partial charge in [0.05, 0.1) is 28.3 Å². The number of nitrogens with zero attached hydrogens (tertiary/aromatic N) is 3. The molecule has 2 aromatic carbocycles. The highest BCUT2D eigenvalue weighted by atomic mass is 32.2. The van der Waals surface area contributed by atoms with E-state index in [0.29, 0.717) is 34.1 Å². The van der Waals surface area contributed by atoms with E-state index in [1.165, 1.54) is 11.8 Å². The van der Waals surface area contributed by atoms with Gasteiger partial charge in [0.2, 0.25) is 0 Å². The average Bonchev–Trinajstić information content (AvgIpc) is 2.76. The van der Waals surface area contributed by atoms with Gasteiger partial charge in [0.1, 0.15) is 6.61 Å². The predicted octanol–water partition coefficient (Wildman–Crippen LogP) is 4.15. The molecule has 154 valence electrons. The fraction of sp³-hybridized carbons (Fsp3) is 0.304. The maximum absolute atomic E-state index is 12.9. The van der Waals surface area contributed by atoms with Gasteiger partial charge in [-0.2, -0.15) is 5.26 Å². The number of carbonyl (C=O) groups is 1. The van der Waals surface area contributed by atoms with Crippen molar-refractivity contribution in [1.82, 2.24) is 9.55 Å². The molecule has 0 saturated carbocycles. The fourth-order valence-electron chi connectivity index (χ4n) is 2.85. The van der Waals surface area contributed by atoms with Crippen molar-refractivity contribution in [3.63, 3.8) is 0 Å². The predicted molar refractivity (Wildman–Crippen MR) is 117 cm³/mol. The molecule has 0 unspecified atom stereocenters. The third-order valence-corrected chi connectivity index (χ3v) is 5.51. The van der Waals surface area contributed by atoms with Crippen molar-refractivity contribution < 1.29 is 9.53 Å². The van der Waals surface area contributed by atoms with Gasteiger partial charge >= 0.3 is 5.97 Å². The van der Waals surface area contributed by atoms with Crippen LogP contribution in [0.3, 0.4) is 0 Å². The molecule has 0 amide bonds. The summed E-state index contributed by atoms with van der Waals surface area (Å²) in [4.78, 5) is 29.8. The molecule has 1 aromatic heterocycles. The molecule has 3 aromatic rings. The van der Waals surface area contributed by atoms with Crippen LogP contribution in [0.5, 0.6) is 0 Å². The number of thioether (sulfide) groups is 1. The molecular weight excluding hydrogens is 398 g/mol. The lowest BCUT2D eigenvalue weighted by atomic mass is 10.1. The van der Waals surface area contributed by atoms with Gasteiger partial charge in [0.15, 0.2) is 5.16 Å². The first-order chi connectivity index (χ1) is 14.5. The molecule has 6 nitrogen and oxygen atoms in total. The number of rotatable bonds is 8. The standard InChI is InChI=1S/C23H23N3O3S/c1-16(2)11-12-26-22(28)19-5-3-4-6-20(19)25-23(26)30-15-21(27)29-14-18-9-7-17(13-24)8-10-18/h3-10,16H,11-12,14-15H2,1-2H3. The van der Waals surface area contributed by atoms with E-state index >= 15 is 0 Å². The van der Waals surface area contributed by atoms with E-state index in [1.807, 2.05) is 12.1 Å². The maximum atomic E-state index is 12.9. The zero-order chi connectivity index (χ0) is 21.5. The van der Waals surface area contributed by atoms with Crippen molar-refractivity contribution in [2.24, 2.45) is 5.92 Å². The quantitative estimate of drug-likeness (QED) is 0.309. The first kappa shape index (κ1) is 21.6. The summed E-state index contributed by atoms with van der Waals surface area (Å²) in [7, 11) is 0. The van der Waals surface area contributed by atoms with Crippen LogP contribution in [0.15, 0.2) is 58.5 Å². The third kappa shape index (κ3) is 5.49. The minimum Gasteiger partial charge on any atom is -0.460 e. The lowest BCUT2D eigenvalue weighted by Crippen LogP contribution is -2.24. The summed E-state index contributed by atoms with van der Waals surface area (Å²) in [5, 5.41) is 9.93. The summed E-state index contributed by atoms with van der Waals surface area (Å²) >= 11 is 1.21. The van der Waals surface area contributed by atoms with E-state index in [1.54, 1.807) is 41.0 Å². The maximum Gasteiger partial charge on any atom is 0.316 e. The van der Waals surface area contributed by atoms with Crippen LogP contribution in [-0.4, -0.2) is 21.3 Å². The zero-order valence-electron chi connectivity index (χ0n) is 17.0. The monoisotopic (exact) mass is 421 g/mol. The number of ether oxygens (including phenoxy) is 1. The molecule has 1 heterocycles. The second kappa shape index (κ2) is 10.1. The normalized spacial score (nSPS) is 10.9. The molecule has 7 heteroatoms. The Morgan fingerprint density at radius 1 is 1.20 bits per heavy atom. The molecule has 3 rings (SSSR count). The average molecular weight is 422 g/mol. The largest absolute Gasteiger partial charge is 0.460 e. The molecule has 0 spiro atoms. The van der Waals surface area contributed by atoms with Crippen LogP contribution >= 0.6 is 11.8 Å². The van der Waals surface area contributed by atoms with E-state index in [-0.39, 0.29) is 23.9 Å². The number of aromatic nitrogens is 2. The molecule has 0 fully saturated rings. The minimum atomic E-state index is -0.387. The topological polar surface area (TPSA) is 85.0 Å². The Morgan fingerprint density at radius 3 is 2.63 bits per heavy atom. The van der Waals surface area contributed by atoms with Crippen molar-refractivity contribution >= 4 is 28.6 Å². The SMILES string of the molecule is CC(C)CCn1c(SCC(=O)OCc2ccc(C#N)cc2)nc2ccccc2c1=O. The molecular formula is C23H23N3O3S. The Balaban J connectivity index is 1.70. The van der Waals surface area contributed by atoms with Gasteiger partial charge in [0.25, 0.3) is 5.56 Å². The molecule has 0 aliphatic heterocycles. The Hall–Kier alpha value is -3.11. The van der Waals surface area contributed by atoms with Gasteiger partial charge in [-0.15, -0.1) is 0 Å². The van der Waals surface area contributed by atoms with Crippen LogP contribution in [0.2, 0.25) is 0 Å². The van der Waals surface area contributed by atoms with Gasteiger partial charge < -0.3 is 4.74 Å². The van der Waals surface area contributed by atoms with Gasteiger partial charge in [-0.1, -0.05) is 49.9 Å². The number of para-hydroxylation sites is 1. The first-order valence-corrected chi connectivity index (χ1v) is 10.7. The Kier molecular flexibility index (Phi) is 7.26. The van der Waals surface area contributed by atoms with Crippen LogP contribution in [0.4, 0.5) is 0 Å². The molecule has 0 saturated heterocycles. The molecule has 0 aliphatic rings. The number of hydrogen-bond acceptors (Lipinski definition) is 6. The lowest BCUT2D eigenvalue weighted by molar-refractivity contribution is -0.141. The Labute approximate surface area is 179 Å². The smallest absolute Gasteiger partial charge is 0.316 e. The molecule has 0 aliphatic carbocycles. The third-order valence-electron chi connectivity index (χ3n) is 4.56. The van der Waals surface area contributed by atoms with Crippen molar-refractivity contribution in [3.05, 3.63) is 70.0 Å². The highest BCUT2D eigenvalue weighted by Crippen LogP contribution is 2.19. The van der Waals surface area contributed by atoms with Crippen molar-refractivity contribution in [1.29, 1.82) is 5.26 Å². The van der Waals surface area contributed by atoms with Gasteiger partial charge in [0, 0.05) is 6.54 Å². The zero-order valence-corrected chi connectivity index (χ0v) is 17.8. The van der Waals surface area contributed by atoms with E-state index < -0.39 is 0 Å². The summed E-state index contributed by atoms with van der Waals surface area (Å²) < 4.78 is 6.97. The number of benzene rings is 2. The molecule has 0 N–H and O–H groups in total. The molecule has 0 radical (unpaired) electrons. The van der Waals surface area contributed by atoms with Gasteiger partial charge in [-0.05, 0) is 42.2 Å². The highest BCUT2D eigenvalue weighted by Gasteiger charge is 2.14. The Morgan fingerprint density at radius 2 is 1.93 bits per heavy atom. The van der Waals surface area contributed by atoms with E-state index in [9.17, 15) is 9.59 Å². The van der Waals surface area contributed by atoms with Gasteiger partial charge in [-0.25, -0.2) is 4.98 Å². The highest BCUT2D eigenvalue weighted by molar-refractivity contribution is 7.99. The van der Waals surface area contributed by atoms with E-state index in [4.69, 9.17) is 10.00 Å². The lowest BCUT2D eigenvalue weighted by Gasteiger charge is -2.14. The Bertz CT molecular complexity index is 1130. The second-order valence-electron chi connectivity index (χ2n) is 7.31. The number of nitriles is 1. The summed E-state index contributed by atoms with van der Waals surface area (Å²) in [6, 6.07) is 16.2. The summed E-state index contributed by atoms with van der Waals surface area (Å²) in [5.74, 6) is 0.115. The number of esters is 1. The fourth-order valence-corrected chi connectivity index (χ4v) is 3.67. The molecule has 0 atom stereocenters. The molecule has 30 heavy (non-hydrogen) atoms. The summed E-state index contributed by atoms with van der Waals surface area (Å²) in [6.07, 6.45) is 0.844. The van der Waals surface area contributed by atoms with Crippen LogP contribution in [0.25, 0.3) is 10.9 Å². The molecule has 0 bridgehead atoms. The van der Waals surface area contributed by atoms with Crippen molar-refractivity contribution in [3.8, 4) is 6.07 Å². The minimum absolute atomic E-state index is 0.0583. The van der Waals surface area contributed by atoms with Crippen LogP contribution in [0, 0.1) is 17.2 Å². The number of carbonyl (C=O) groups excluding carboxylic acids is 1. The van der Waals surface area contributed by atoms with E-state index in [0.717, 1.165) is 12.0 Å². The summed E-state index contributed by atoms with van der Waals surface area (Å²) in [6.45, 7) is 4.90.